The second-order valence-corrected chi connectivity index (χ2v) is 5.41. The third-order valence-electron chi connectivity index (χ3n) is 3.25. The number of hydrogen-bond donors (Lipinski definition) is 2. The van der Waals surface area contributed by atoms with Crippen molar-refractivity contribution in [1.29, 1.82) is 0 Å². The van der Waals surface area contributed by atoms with Crippen molar-refractivity contribution >= 4 is 22.4 Å². The molecule has 1 saturated carbocycles. The Hall–Kier alpha value is -1.14. The Balaban J connectivity index is 1.66. The van der Waals surface area contributed by atoms with Crippen LogP contribution in [0.1, 0.15) is 29.8 Å². The maximum atomic E-state index is 10.7. The van der Waals surface area contributed by atoms with Gasteiger partial charge in [0.1, 0.15) is 0 Å². The molecule has 2 unspecified atom stereocenters. The van der Waals surface area contributed by atoms with Gasteiger partial charge in [0.15, 0.2) is 10.8 Å². The molecule has 0 aromatic carbocycles. The van der Waals surface area contributed by atoms with E-state index in [9.17, 15) is 4.79 Å². The highest BCUT2D eigenvalue weighted by atomic mass is 32.1. The molecule has 17 heavy (non-hydrogen) atoms. The quantitative estimate of drug-likeness (QED) is 0.857. The van der Waals surface area contributed by atoms with Gasteiger partial charge in [-0.1, -0.05) is 0 Å². The molecule has 2 atom stereocenters. The summed E-state index contributed by atoms with van der Waals surface area (Å²) in [5.41, 5.74) is 0.111. The first-order valence-electron chi connectivity index (χ1n) is 5.81. The van der Waals surface area contributed by atoms with Gasteiger partial charge < -0.3 is 15.2 Å². The van der Waals surface area contributed by atoms with Crippen LogP contribution in [0.4, 0.5) is 5.13 Å². The predicted molar refractivity (Wildman–Crippen MR) is 63.6 cm³/mol. The lowest BCUT2D eigenvalue weighted by Gasteiger charge is -2.18. The standard InChI is InChI=1S/C11H14N2O3S/c14-10(15)8-5-17-11(13-8)12-7-3-4-16-9(7)6-1-2-6/h5-7,9H,1-4H2,(H,12,13)(H,14,15). The average molecular weight is 254 g/mol. The molecule has 6 heteroatoms. The number of carbonyl (C=O) groups is 1. The monoisotopic (exact) mass is 254 g/mol. The van der Waals surface area contributed by atoms with Crippen LogP contribution in [0.15, 0.2) is 5.38 Å². The maximum absolute atomic E-state index is 10.7. The molecule has 2 fully saturated rings. The zero-order valence-electron chi connectivity index (χ0n) is 9.26. The van der Waals surface area contributed by atoms with Gasteiger partial charge in [0.25, 0.3) is 0 Å². The topological polar surface area (TPSA) is 71.5 Å². The lowest BCUT2D eigenvalue weighted by molar-refractivity contribution is 0.0691. The van der Waals surface area contributed by atoms with Gasteiger partial charge in [0.2, 0.25) is 0 Å². The molecular formula is C11H14N2O3S. The first kappa shape index (κ1) is 11.0. The second kappa shape index (κ2) is 4.27. The second-order valence-electron chi connectivity index (χ2n) is 4.56. The Kier molecular flexibility index (Phi) is 2.76. The summed E-state index contributed by atoms with van der Waals surface area (Å²) < 4.78 is 5.71. The molecular weight excluding hydrogens is 240 g/mol. The minimum Gasteiger partial charge on any atom is -0.476 e. The highest BCUT2D eigenvalue weighted by Gasteiger charge is 2.40. The fraction of sp³-hybridized carbons (Fsp3) is 0.636. The van der Waals surface area contributed by atoms with E-state index in [-0.39, 0.29) is 17.8 Å². The van der Waals surface area contributed by atoms with Crippen LogP contribution in [0.2, 0.25) is 0 Å². The fourth-order valence-electron chi connectivity index (χ4n) is 2.25. The minimum atomic E-state index is -0.976. The van der Waals surface area contributed by atoms with Crippen LogP contribution in [0, 0.1) is 5.92 Å². The molecule has 2 aliphatic rings. The number of anilines is 1. The van der Waals surface area contributed by atoms with Crippen LogP contribution in [-0.4, -0.2) is 34.8 Å². The fourth-order valence-corrected chi connectivity index (χ4v) is 3.00. The van der Waals surface area contributed by atoms with Crippen molar-refractivity contribution in [3.8, 4) is 0 Å². The Morgan fingerprint density at radius 2 is 2.35 bits per heavy atom. The van der Waals surface area contributed by atoms with Crippen LogP contribution in [0.5, 0.6) is 0 Å². The van der Waals surface area contributed by atoms with Gasteiger partial charge >= 0.3 is 5.97 Å². The lowest BCUT2D eigenvalue weighted by atomic mass is 10.1. The third kappa shape index (κ3) is 2.28. The van der Waals surface area contributed by atoms with E-state index in [4.69, 9.17) is 9.84 Å². The van der Waals surface area contributed by atoms with E-state index in [1.807, 2.05) is 0 Å². The number of aromatic carboxylic acids is 1. The Labute approximate surface area is 103 Å². The zero-order chi connectivity index (χ0) is 11.8. The summed E-state index contributed by atoms with van der Waals surface area (Å²) in [6, 6.07) is 0.287. The molecule has 3 rings (SSSR count). The van der Waals surface area contributed by atoms with E-state index in [1.54, 1.807) is 5.38 Å². The molecule has 1 aromatic rings. The van der Waals surface area contributed by atoms with E-state index in [0.29, 0.717) is 11.0 Å². The molecule has 2 N–H and O–H groups in total. The summed E-state index contributed by atoms with van der Waals surface area (Å²) in [5.74, 6) is -0.287. The number of ether oxygens (including phenoxy) is 1. The van der Waals surface area contributed by atoms with Crippen molar-refractivity contribution in [1.82, 2.24) is 4.98 Å². The number of carboxylic acid groups (broad SMARTS) is 1. The molecule has 0 spiro atoms. The number of nitrogens with one attached hydrogen (secondary N) is 1. The van der Waals surface area contributed by atoms with Crippen LogP contribution in [-0.2, 0) is 4.74 Å². The normalized spacial score (nSPS) is 28.2. The molecule has 5 nitrogen and oxygen atoms in total. The highest BCUT2D eigenvalue weighted by molar-refractivity contribution is 7.13. The zero-order valence-corrected chi connectivity index (χ0v) is 10.1. The number of aromatic nitrogens is 1. The van der Waals surface area contributed by atoms with Crippen molar-refractivity contribution < 1.29 is 14.6 Å². The Morgan fingerprint density at radius 3 is 3.00 bits per heavy atom. The van der Waals surface area contributed by atoms with Gasteiger partial charge in [-0.25, -0.2) is 9.78 Å². The van der Waals surface area contributed by atoms with Crippen molar-refractivity contribution in [2.75, 3.05) is 11.9 Å². The van der Waals surface area contributed by atoms with Crippen LogP contribution in [0.3, 0.4) is 0 Å². The molecule has 2 heterocycles. The van der Waals surface area contributed by atoms with E-state index in [2.05, 4.69) is 10.3 Å². The van der Waals surface area contributed by atoms with Crippen molar-refractivity contribution in [3.05, 3.63) is 11.1 Å². The number of thiazole rings is 1. The summed E-state index contributed by atoms with van der Waals surface area (Å²) in [6.45, 7) is 0.788. The van der Waals surface area contributed by atoms with Gasteiger partial charge in [-0.2, -0.15) is 0 Å². The van der Waals surface area contributed by atoms with Gasteiger partial charge in [0.05, 0.1) is 12.1 Å². The predicted octanol–water partition coefficient (Wildman–Crippen LogP) is 1.82. The van der Waals surface area contributed by atoms with E-state index >= 15 is 0 Å². The van der Waals surface area contributed by atoms with E-state index in [1.165, 1.54) is 24.2 Å². The summed E-state index contributed by atoms with van der Waals surface area (Å²) in [4.78, 5) is 14.8. The SMILES string of the molecule is O=C(O)c1csc(NC2CCOC2C2CC2)n1. The molecule has 1 saturated heterocycles. The number of hydrogen-bond acceptors (Lipinski definition) is 5. The third-order valence-corrected chi connectivity index (χ3v) is 4.03. The van der Waals surface area contributed by atoms with E-state index < -0.39 is 5.97 Å². The largest absolute Gasteiger partial charge is 0.476 e. The number of rotatable bonds is 4. The van der Waals surface area contributed by atoms with Crippen molar-refractivity contribution in [2.24, 2.45) is 5.92 Å². The lowest BCUT2D eigenvalue weighted by Crippen LogP contribution is -2.30. The molecule has 1 aliphatic heterocycles. The van der Waals surface area contributed by atoms with Gasteiger partial charge in [-0.05, 0) is 25.2 Å². The van der Waals surface area contributed by atoms with Crippen molar-refractivity contribution in [2.45, 2.75) is 31.4 Å². The summed E-state index contributed by atoms with van der Waals surface area (Å²) in [6.07, 6.45) is 3.76. The van der Waals surface area contributed by atoms with E-state index in [0.717, 1.165) is 13.0 Å². The highest BCUT2D eigenvalue weighted by Crippen LogP contribution is 2.39. The molecule has 0 radical (unpaired) electrons. The molecule has 1 aliphatic carbocycles. The number of nitrogens with zero attached hydrogens (tertiary/aromatic N) is 1. The molecule has 92 valence electrons. The molecule has 0 bridgehead atoms. The van der Waals surface area contributed by atoms with Gasteiger partial charge in [-0.15, -0.1) is 11.3 Å². The minimum absolute atomic E-state index is 0.111. The summed E-state index contributed by atoms with van der Waals surface area (Å²) >= 11 is 1.34. The van der Waals surface area contributed by atoms with Crippen LogP contribution < -0.4 is 5.32 Å². The first-order valence-corrected chi connectivity index (χ1v) is 6.69. The molecule has 0 amide bonds. The summed E-state index contributed by atoms with van der Waals surface area (Å²) in [7, 11) is 0. The maximum Gasteiger partial charge on any atom is 0.355 e. The van der Waals surface area contributed by atoms with Crippen LogP contribution >= 0.6 is 11.3 Å². The average Bonchev–Trinajstić information content (AvgIpc) is 2.86. The van der Waals surface area contributed by atoms with Crippen LogP contribution in [0.25, 0.3) is 0 Å². The van der Waals surface area contributed by atoms with Crippen molar-refractivity contribution in [3.63, 3.8) is 0 Å². The Morgan fingerprint density at radius 1 is 1.53 bits per heavy atom. The van der Waals surface area contributed by atoms with Gasteiger partial charge in [-0.3, -0.25) is 0 Å². The Bertz CT molecular complexity index is 430. The number of carboxylic acids is 1. The van der Waals surface area contributed by atoms with Gasteiger partial charge in [0, 0.05) is 12.0 Å². The smallest absolute Gasteiger partial charge is 0.355 e. The molecule has 1 aromatic heterocycles. The first-order chi connectivity index (χ1) is 8.24. The summed E-state index contributed by atoms with van der Waals surface area (Å²) in [5, 5.41) is 14.4.